The molecule has 1 aliphatic carbocycles. The number of hydrogen-bond donors (Lipinski definition) is 3. The number of amidine groups is 1. The van der Waals surface area contributed by atoms with Crippen molar-refractivity contribution in [1.82, 2.24) is 5.32 Å². The third-order valence-corrected chi connectivity index (χ3v) is 2.71. The van der Waals surface area contributed by atoms with Crippen LogP contribution in [-0.4, -0.2) is 28.8 Å². The van der Waals surface area contributed by atoms with Gasteiger partial charge in [0.25, 0.3) is 0 Å². The normalized spacial score (nSPS) is 25.7. The molecule has 2 atom stereocenters. The van der Waals surface area contributed by atoms with E-state index < -0.39 is 11.7 Å². The monoisotopic (exact) mass is 243 g/mol. The summed E-state index contributed by atoms with van der Waals surface area (Å²) in [6, 6.07) is -0.110. The van der Waals surface area contributed by atoms with Crippen LogP contribution in [0.5, 0.6) is 0 Å². The minimum absolute atomic E-state index is 0.104. The number of ether oxygens (including phenoxy) is 1. The van der Waals surface area contributed by atoms with Gasteiger partial charge in [0.15, 0.2) is 0 Å². The highest BCUT2D eigenvalue weighted by Gasteiger charge is 2.32. The van der Waals surface area contributed by atoms with Crippen molar-refractivity contribution in [2.24, 2.45) is 16.8 Å². The van der Waals surface area contributed by atoms with E-state index in [9.17, 15) is 4.79 Å². The number of nitrogens with zero attached hydrogens (tertiary/aromatic N) is 1. The topological polar surface area (TPSA) is 96.9 Å². The van der Waals surface area contributed by atoms with Gasteiger partial charge < -0.3 is 21.0 Å². The Hall–Kier alpha value is -1.46. The zero-order valence-electron chi connectivity index (χ0n) is 10.6. The lowest BCUT2D eigenvalue weighted by molar-refractivity contribution is 0.0499. The maximum absolute atomic E-state index is 11.6. The molecule has 0 radical (unpaired) electrons. The van der Waals surface area contributed by atoms with Gasteiger partial charge in [-0.05, 0) is 33.6 Å². The van der Waals surface area contributed by atoms with E-state index >= 15 is 0 Å². The predicted molar refractivity (Wildman–Crippen MR) is 63.9 cm³/mol. The number of carbonyl (C=O) groups excluding carboxylic acids is 1. The third kappa shape index (κ3) is 4.13. The number of rotatable bonds is 2. The lowest BCUT2D eigenvalue weighted by Crippen LogP contribution is -2.44. The first-order chi connectivity index (χ1) is 7.83. The van der Waals surface area contributed by atoms with Crippen molar-refractivity contribution < 1.29 is 14.7 Å². The van der Waals surface area contributed by atoms with Gasteiger partial charge in [-0.2, -0.15) is 0 Å². The zero-order valence-corrected chi connectivity index (χ0v) is 10.6. The summed E-state index contributed by atoms with van der Waals surface area (Å²) >= 11 is 0. The smallest absolute Gasteiger partial charge is 0.407 e. The molecule has 0 aromatic heterocycles. The Morgan fingerprint density at radius 3 is 2.65 bits per heavy atom. The second-order valence-corrected chi connectivity index (χ2v) is 5.31. The van der Waals surface area contributed by atoms with Gasteiger partial charge in [0.05, 0.1) is 0 Å². The molecule has 0 spiro atoms. The highest BCUT2D eigenvalue weighted by Crippen LogP contribution is 2.26. The summed E-state index contributed by atoms with van der Waals surface area (Å²) in [5.41, 5.74) is 5.06. The second kappa shape index (κ2) is 5.25. The van der Waals surface area contributed by atoms with E-state index in [-0.39, 0.29) is 17.8 Å². The number of carbonyl (C=O) groups is 1. The quantitative estimate of drug-likeness (QED) is 0.296. The molecule has 1 rings (SSSR count). The van der Waals surface area contributed by atoms with Crippen molar-refractivity contribution >= 4 is 11.9 Å². The van der Waals surface area contributed by atoms with Gasteiger partial charge in [-0.1, -0.05) is 11.6 Å². The number of alkyl carbamates (subject to hydrolysis) is 1. The van der Waals surface area contributed by atoms with E-state index in [1.807, 2.05) is 20.8 Å². The maximum Gasteiger partial charge on any atom is 0.407 e. The van der Waals surface area contributed by atoms with Gasteiger partial charge in [-0.25, -0.2) is 4.79 Å². The molecular formula is C11H21N3O3. The number of oxime groups is 1. The van der Waals surface area contributed by atoms with Gasteiger partial charge in [-0.15, -0.1) is 0 Å². The molecule has 17 heavy (non-hydrogen) atoms. The summed E-state index contributed by atoms with van der Waals surface area (Å²) in [6.07, 6.45) is 2.12. The average Bonchev–Trinajstić information content (AvgIpc) is 2.61. The lowest BCUT2D eigenvalue weighted by atomic mass is 10.0. The lowest BCUT2D eigenvalue weighted by Gasteiger charge is -2.24. The number of nitrogens with two attached hydrogens (primary N) is 1. The summed E-state index contributed by atoms with van der Waals surface area (Å²) in [5.74, 6) is 0.0658. The van der Waals surface area contributed by atoms with Gasteiger partial charge in [0, 0.05) is 12.0 Å². The predicted octanol–water partition coefficient (Wildman–Crippen LogP) is 1.43. The molecule has 0 aliphatic heterocycles. The summed E-state index contributed by atoms with van der Waals surface area (Å²) in [5, 5.41) is 14.4. The first-order valence-corrected chi connectivity index (χ1v) is 5.80. The minimum atomic E-state index is -0.519. The van der Waals surface area contributed by atoms with Crippen molar-refractivity contribution in [2.75, 3.05) is 0 Å². The van der Waals surface area contributed by atoms with Crippen LogP contribution in [0.4, 0.5) is 4.79 Å². The molecule has 6 nitrogen and oxygen atoms in total. The van der Waals surface area contributed by atoms with Crippen LogP contribution >= 0.6 is 0 Å². The Bertz CT molecular complexity index is 310. The van der Waals surface area contributed by atoms with Gasteiger partial charge in [0.2, 0.25) is 0 Å². The fraction of sp³-hybridized carbons (Fsp3) is 0.818. The fourth-order valence-electron chi connectivity index (χ4n) is 2.02. The standard InChI is InChI=1S/C11H21N3O3/c1-11(2,3)17-10(15)13-8-6-4-5-7(8)9(12)14-16/h7-8,16H,4-6H2,1-3H3,(H2,12,14)(H,13,15)/t7-,8-/m0/s1. The molecule has 1 saturated carbocycles. The zero-order chi connectivity index (χ0) is 13.1. The number of amides is 1. The highest BCUT2D eigenvalue weighted by molar-refractivity contribution is 5.84. The van der Waals surface area contributed by atoms with Crippen molar-refractivity contribution in [2.45, 2.75) is 51.7 Å². The molecule has 4 N–H and O–H groups in total. The molecule has 0 aromatic carbocycles. The highest BCUT2D eigenvalue weighted by atomic mass is 16.6. The van der Waals surface area contributed by atoms with Gasteiger partial charge >= 0.3 is 6.09 Å². The molecule has 0 heterocycles. The van der Waals surface area contributed by atoms with Crippen LogP contribution in [0.1, 0.15) is 40.0 Å². The second-order valence-electron chi connectivity index (χ2n) is 5.31. The van der Waals surface area contributed by atoms with Crippen molar-refractivity contribution in [3.63, 3.8) is 0 Å². The van der Waals surface area contributed by atoms with E-state index in [2.05, 4.69) is 10.5 Å². The first-order valence-electron chi connectivity index (χ1n) is 5.80. The Kier molecular flexibility index (Phi) is 4.20. The summed E-state index contributed by atoms with van der Waals surface area (Å²) < 4.78 is 5.17. The van der Waals surface area contributed by atoms with Crippen LogP contribution in [0.25, 0.3) is 0 Å². The Morgan fingerprint density at radius 1 is 1.47 bits per heavy atom. The van der Waals surface area contributed by atoms with E-state index in [0.717, 1.165) is 19.3 Å². The molecule has 1 amide bonds. The summed E-state index contributed by atoms with van der Waals surface area (Å²) in [4.78, 5) is 11.6. The van der Waals surface area contributed by atoms with Crippen molar-refractivity contribution in [3.8, 4) is 0 Å². The van der Waals surface area contributed by atoms with Crippen LogP contribution < -0.4 is 11.1 Å². The Labute approximate surface area is 101 Å². The van der Waals surface area contributed by atoms with Crippen LogP contribution in [-0.2, 0) is 4.74 Å². The van der Waals surface area contributed by atoms with Crippen molar-refractivity contribution in [3.05, 3.63) is 0 Å². The van der Waals surface area contributed by atoms with E-state index in [1.165, 1.54) is 0 Å². The van der Waals surface area contributed by atoms with Crippen LogP contribution in [0.15, 0.2) is 5.16 Å². The largest absolute Gasteiger partial charge is 0.444 e. The van der Waals surface area contributed by atoms with Crippen LogP contribution in [0.2, 0.25) is 0 Å². The van der Waals surface area contributed by atoms with E-state index in [1.54, 1.807) is 0 Å². The number of hydrogen-bond acceptors (Lipinski definition) is 4. The molecule has 6 heteroatoms. The van der Waals surface area contributed by atoms with Gasteiger partial charge in [0.1, 0.15) is 11.4 Å². The van der Waals surface area contributed by atoms with Gasteiger partial charge in [-0.3, -0.25) is 0 Å². The SMILES string of the molecule is CC(C)(C)OC(=O)N[C@H]1CCC[C@@H]1/C(N)=N\O. The minimum Gasteiger partial charge on any atom is -0.444 e. The molecule has 0 bridgehead atoms. The molecular weight excluding hydrogens is 222 g/mol. The molecule has 0 aromatic rings. The average molecular weight is 243 g/mol. The fourth-order valence-corrected chi connectivity index (χ4v) is 2.02. The Morgan fingerprint density at radius 2 is 2.12 bits per heavy atom. The van der Waals surface area contributed by atoms with E-state index in [4.69, 9.17) is 15.7 Å². The molecule has 0 unspecified atom stereocenters. The molecule has 1 fully saturated rings. The first kappa shape index (κ1) is 13.6. The third-order valence-electron chi connectivity index (χ3n) is 2.71. The molecule has 0 saturated heterocycles. The summed E-state index contributed by atoms with van der Waals surface area (Å²) in [7, 11) is 0. The molecule has 98 valence electrons. The maximum atomic E-state index is 11.6. The number of nitrogens with one attached hydrogen (secondary N) is 1. The van der Waals surface area contributed by atoms with Crippen LogP contribution in [0.3, 0.4) is 0 Å². The Balaban J connectivity index is 2.53. The van der Waals surface area contributed by atoms with Crippen molar-refractivity contribution in [1.29, 1.82) is 0 Å². The van der Waals surface area contributed by atoms with Crippen LogP contribution in [0, 0.1) is 5.92 Å². The summed E-state index contributed by atoms with van der Waals surface area (Å²) in [6.45, 7) is 5.42. The molecule has 1 aliphatic rings. The van der Waals surface area contributed by atoms with E-state index in [0.29, 0.717) is 0 Å².